The number of fused-ring (bicyclic) bond motifs is 3. The third kappa shape index (κ3) is 1.85. The molecule has 20 heavy (non-hydrogen) atoms. The second-order valence-electron chi connectivity index (χ2n) is 5.59. The van der Waals surface area contributed by atoms with E-state index in [1.165, 1.54) is 11.1 Å². The maximum absolute atomic E-state index is 11.8. The van der Waals surface area contributed by atoms with E-state index in [1.807, 2.05) is 12.1 Å². The summed E-state index contributed by atoms with van der Waals surface area (Å²) in [7, 11) is 3.29. The van der Waals surface area contributed by atoms with Gasteiger partial charge in [0.1, 0.15) is 0 Å². The highest BCUT2D eigenvalue weighted by Gasteiger charge is 2.43. The Hall–Kier alpha value is -1.75. The Kier molecular flexibility index (Phi) is 3.09. The molecule has 108 valence electrons. The van der Waals surface area contributed by atoms with Gasteiger partial charge in [-0.2, -0.15) is 0 Å². The zero-order valence-corrected chi connectivity index (χ0v) is 12.2. The molecule has 0 aliphatic carbocycles. The van der Waals surface area contributed by atoms with E-state index in [2.05, 4.69) is 17.1 Å². The van der Waals surface area contributed by atoms with E-state index in [-0.39, 0.29) is 11.4 Å². The van der Waals surface area contributed by atoms with Crippen LogP contribution in [0, 0.1) is 0 Å². The molecule has 2 aliphatic rings. The first-order valence-electron chi connectivity index (χ1n) is 6.85. The van der Waals surface area contributed by atoms with Crippen molar-refractivity contribution in [2.24, 2.45) is 0 Å². The summed E-state index contributed by atoms with van der Waals surface area (Å²) in [6, 6.07) is 4.07. The van der Waals surface area contributed by atoms with Crippen molar-refractivity contribution in [1.29, 1.82) is 0 Å². The van der Waals surface area contributed by atoms with Crippen LogP contribution in [0.4, 0.5) is 0 Å². The number of rotatable bonds is 2. The predicted molar refractivity (Wildman–Crippen MR) is 74.9 cm³/mol. The summed E-state index contributed by atoms with van der Waals surface area (Å²) in [5.41, 5.74) is 2.17. The summed E-state index contributed by atoms with van der Waals surface area (Å²) in [4.78, 5) is 14.1. The SMILES string of the molecule is COc1cc2c(cc1OC)C1(C)CC(=O)NCN1CC2. The van der Waals surface area contributed by atoms with Crippen molar-refractivity contribution in [2.45, 2.75) is 25.3 Å². The summed E-state index contributed by atoms with van der Waals surface area (Å²) < 4.78 is 10.8. The topological polar surface area (TPSA) is 50.8 Å². The molecule has 0 spiro atoms. The largest absolute Gasteiger partial charge is 0.493 e. The van der Waals surface area contributed by atoms with Crippen LogP contribution in [-0.2, 0) is 16.8 Å². The van der Waals surface area contributed by atoms with Gasteiger partial charge in [-0.1, -0.05) is 0 Å². The van der Waals surface area contributed by atoms with Crippen LogP contribution in [0.1, 0.15) is 24.5 Å². The van der Waals surface area contributed by atoms with Crippen LogP contribution in [0.5, 0.6) is 11.5 Å². The fourth-order valence-electron chi connectivity index (χ4n) is 3.32. The van der Waals surface area contributed by atoms with Crippen molar-refractivity contribution in [3.63, 3.8) is 0 Å². The van der Waals surface area contributed by atoms with E-state index in [4.69, 9.17) is 9.47 Å². The molecule has 1 aromatic carbocycles. The van der Waals surface area contributed by atoms with Gasteiger partial charge >= 0.3 is 0 Å². The molecule has 0 bridgehead atoms. The molecule has 5 heteroatoms. The fraction of sp³-hybridized carbons (Fsp3) is 0.533. The molecule has 0 saturated carbocycles. The molecule has 2 aliphatic heterocycles. The van der Waals surface area contributed by atoms with Gasteiger partial charge in [-0.25, -0.2) is 0 Å². The van der Waals surface area contributed by atoms with Gasteiger partial charge in [-0.3, -0.25) is 9.69 Å². The van der Waals surface area contributed by atoms with Gasteiger partial charge in [0.2, 0.25) is 5.91 Å². The first kappa shape index (κ1) is 13.2. The Morgan fingerprint density at radius 3 is 2.65 bits per heavy atom. The summed E-state index contributed by atoms with van der Waals surface area (Å²) in [5, 5.41) is 2.92. The lowest BCUT2D eigenvalue weighted by Gasteiger charge is -2.48. The maximum atomic E-state index is 11.8. The highest BCUT2D eigenvalue weighted by Crippen LogP contribution is 2.43. The molecule has 5 nitrogen and oxygen atoms in total. The van der Waals surface area contributed by atoms with Crippen LogP contribution < -0.4 is 14.8 Å². The van der Waals surface area contributed by atoms with Crippen molar-refractivity contribution in [3.8, 4) is 11.5 Å². The molecule has 2 heterocycles. The number of carbonyl (C=O) groups excluding carboxylic acids is 1. The molecular weight excluding hydrogens is 256 g/mol. The molecule has 0 radical (unpaired) electrons. The van der Waals surface area contributed by atoms with Gasteiger partial charge in [0, 0.05) is 13.0 Å². The number of nitrogens with one attached hydrogen (secondary N) is 1. The monoisotopic (exact) mass is 276 g/mol. The maximum Gasteiger partial charge on any atom is 0.223 e. The van der Waals surface area contributed by atoms with Crippen LogP contribution in [0.25, 0.3) is 0 Å². The lowest BCUT2D eigenvalue weighted by Crippen LogP contribution is -2.59. The molecule has 0 aromatic heterocycles. The molecule has 1 atom stereocenters. The van der Waals surface area contributed by atoms with E-state index in [1.54, 1.807) is 14.2 Å². The molecule has 3 rings (SSSR count). The summed E-state index contributed by atoms with van der Waals surface area (Å²) in [5.74, 6) is 1.58. The van der Waals surface area contributed by atoms with E-state index < -0.39 is 0 Å². The number of carbonyl (C=O) groups is 1. The quantitative estimate of drug-likeness (QED) is 0.883. The zero-order chi connectivity index (χ0) is 14.3. The average Bonchev–Trinajstić information content (AvgIpc) is 2.45. The Balaban J connectivity index is 2.12. The van der Waals surface area contributed by atoms with Crippen molar-refractivity contribution >= 4 is 5.91 Å². The predicted octanol–water partition coefficient (Wildman–Crippen LogP) is 1.25. The highest BCUT2D eigenvalue weighted by molar-refractivity contribution is 5.78. The first-order valence-corrected chi connectivity index (χ1v) is 6.85. The number of nitrogens with zero attached hydrogens (tertiary/aromatic N) is 1. The van der Waals surface area contributed by atoms with Gasteiger partial charge in [-0.05, 0) is 36.6 Å². The molecule has 1 aromatic rings. The Labute approximate surface area is 118 Å². The number of hydrogen-bond donors (Lipinski definition) is 1. The van der Waals surface area contributed by atoms with Crippen LogP contribution in [0.15, 0.2) is 12.1 Å². The van der Waals surface area contributed by atoms with Crippen molar-refractivity contribution in [3.05, 3.63) is 23.3 Å². The zero-order valence-electron chi connectivity index (χ0n) is 12.2. The van der Waals surface area contributed by atoms with E-state index in [9.17, 15) is 4.79 Å². The Bertz CT molecular complexity index is 558. The van der Waals surface area contributed by atoms with Crippen molar-refractivity contribution < 1.29 is 14.3 Å². The second-order valence-corrected chi connectivity index (χ2v) is 5.59. The lowest BCUT2D eigenvalue weighted by molar-refractivity contribution is -0.130. The number of ether oxygens (including phenoxy) is 2. The third-order valence-corrected chi connectivity index (χ3v) is 4.51. The molecular formula is C15H20N2O3. The van der Waals surface area contributed by atoms with Gasteiger partial charge < -0.3 is 14.8 Å². The van der Waals surface area contributed by atoms with Crippen molar-refractivity contribution in [2.75, 3.05) is 27.4 Å². The van der Waals surface area contributed by atoms with E-state index >= 15 is 0 Å². The normalized spacial score (nSPS) is 25.4. The van der Waals surface area contributed by atoms with Gasteiger partial charge in [0.15, 0.2) is 11.5 Å². The van der Waals surface area contributed by atoms with Crippen LogP contribution in [0.3, 0.4) is 0 Å². The van der Waals surface area contributed by atoms with E-state index in [0.29, 0.717) is 13.1 Å². The lowest BCUT2D eigenvalue weighted by atomic mass is 9.78. The van der Waals surface area contributed by atoms with Crippen LogP contribution in [0.2, 0.25) is 0 Å². The summed E-state index contributed by atoms with van der Waals surface area (Å²) >= 11 is 0. The fourth-order valence-corrected chi connectivity index (χ4v) is 3.32. The molecule has 1 unspecified atom stereocenters. The van der Waals surface area contributed by atoms with E-state index in [0.717, 1.165) is 24.5 Å². The first-order chi connectivity index (χ1) is 9.58. The molecule has 1 saturated heterocycles. The summed E-state index contributed by atoms with van der Waals surface area (Å²) in [6.07, 6.45) is 1.44. The standard InChI is InChI=1S/C15H20N2O3/c1-15-8-14(18)16-9-17(15)5-4-10-6-12(19-2)13(20-3)7-11(10)15/h6-7H,4-5,8-9H2,1-3H3,(H,16,18). The minimum Gasteiger partial charge on any atom is -0.493 e. The van der Waals surface area contributed by atoms with Gasteiger partial charge in [0.05, 0.1) is 26.4 Å². The third-order valence-electron chi connectivity index (χ3n) is 4.51. The van der Waals surface area contributed by atoms with Crippen molar-refractivity contribution in [1.82, 2.24) is 10.2 Å². The van der Waals surface area contributed by atoms with Gasteiger partial charge in [0.25, 0.3) is 0 Å². The smallest absolute Gasteiger partial charge is 0.223 e. The van der Waals surface area contributed by atoms with Gasteiger partial charge in [-0.15, -0.1) is 0 Å². The number of benzene rings is 1. The van der Waals surface area contributed by atoms with Crippen LogP contribution >= 0.6 is 0 Å². The highest BCUT2D eigenvalue weighted by atomic mass is 16.5. The van der Waals surface area contributed by atoms with Crippen LogP contribution in [-0.4, -0.2) is 38.2 Å². The molecule has 1 fully saturated rings. The summed E-state index contributed by atoms with van der Waals surface area (Å²) in [6.45, 7) is 3.69. The number of hydrogen-bond acceptors (Lipinski definition) is 4. The Morgan fingerprint density at radius 1 is 1.25 bits per heavy atom. The molecule has 1 N–H and O–H groups in total. The number of amides is 1. The number of methoxy groups -OCH3 is 2. The molecule has 1 amide bonds. The average molecular weight is 276 g/mol. The minimum absolute atomic E-state index is 0.103. The minimum atomic E-state index is -0.254. The second kappa shape index (κ2) is 4.66. The Morgan fingerprint density at radius 2 is 1.95 bits per heavy atom.